The van der Waals surface area contributed by atoms with Gasteiger partial charge in [-0.1, -0.05) is 23.7 Å². The predicted octanol–water partition coefficient (Wildman–Crippen LogP) is 3.24. The van der Waals surface area contributed by atoms with Gasteiger partial charge in [0.15, 0.2) is 5.69 Å². The number of nitrogen functional groups attached to an aromatic ring is 1. The first-order valence-corrected chi connectivity index (χ1v) is 7.65. The van der Waals surface area contributed by atoms with Crippen LogP contribution in [0.25, 0.3) is 0 Å². The Morgan fingerprint density at radius 2 is 2.05 bits per heavy atom. The largest absolute Gasteiger partial charge is 0.461 e. The van der Waals surface area contributed by atoms with Gasteiger partial charge in [-0.05, 0) is 44.4 Å². The van der Waals surface area contributed by atoms with E-state index in [1.54, 1.807) is 18.5 Å². The first kappa shape index (κ1) is 16.4. The van der Waals surface area contributed by atoms with Crippen molar-refractivity contribution < 1.29 is 9.53 Å². The van der Waals surface area contributed by atoms with E-state index in [1.807, 2.05) is 24.3 Å². The van der Waals surface area contributed by atoms with Crippen LogP contribution in [-0.4, -0.2) is 22.4 Å². The molecule has 0 aliphatic carbocycles. The summed E-state index contributed by atoms with van der Waals surface area (Å²) in [5, 5.41) is 5.00. The molecule has 0 unspecified atom stereocenters. The maximum atomic E-state index is 11.8. The van der Waals surface area contributed by atoms with E-state index >= 15 is 0 Å². The zero-order valence-electron chi connectivity index (χ0n) is 12.8. The quantitative estimate of drug-likeness (QED) is 0.829. The number of hydrogen-bond acceptors (Lipinski definition) is 4. The van der Waals surface area contributed by atoms with Gasteiger partial charge in [-0.2, -0.15) is 5.10 Å². The first-order chi connectivity index (χ1) is 10.5. The van der Waals surface area contributed by atoms with Crippen LogP contribution in [0.4, 0.5) is 5.82 Å². The lowest BCUT2D eigenvalue weighted by atomic mass is 10.1. The van der Waals surface area contributed by atoms with Crippen molar-refractivity contribution in [1.29, 1.82) is 0 Å². The van der Waals surface area contributed by atoms with E-state index in [9.17, 15) is 4.79 Å². The van der Waals surface area contributed by atoms with Crippen molar-refractivity contribution in [2.45, 2.75) is 33.2 Å². The molecule has 5 nitrogen and oxygen atoms in total. The SMILES string of the molecule is CCOC(=O)c1nn(CCCc2ccc(Cl)cc2)c(N)c1C. The molecule has 6 heteroatoms. The highest BCUT2D eigenvalue weighted by molar-refractivity contribution is 6.30. The number of nitrogens with zero attached hydrogens (tertiary/aromatic N) is 2. The number of hydrogen-bond donors (Lipinski definition) is 1. The second-order valence-electron chi connectivity index (χ2n) is 5.03. The van der Waals surface area contributed by atoms with E-state index in [4.69, 9.17) is 22.1 Å². The van der Waals surface area contributed by atoms with Gasteiger partial charge >= 0.3 is 5.97 Å². The molecule has 1 aromatic heterocycles. The molecule has 0 saturated carbocycles. The highest BCUT2D eigenvalue weighted by Crippen LogP contribution is 2.18. The van der Waals surface area contributed by atoms with Gasteiger partial charge in [0.05, 0.1) is 6.61 Å². The van der Waals surface area contributed by atoms with Crippen LogP contribution in [0.3, 0.4) is 0 Å². The molecule has 1 aromatic carbocycles. The van der Waals surface area contributed by atoms with Gasteiger partial charge in [-0.3, -0.25) is 0 Å². The molecule has 0 aliphatic heterocycles. The zero-order chi connectivity index (χ0) is 16.1. The Hall–Kier alpha value is -2.01. The fourth-order valence-corrected chi connectivity index (χ4v) is 2.34. The molecule has 0 bridgehead atoms. The van der Waals surface area contributed by atoms with Crippen molar-refractivity contribution in [1.82, 2.24) is 9.78 Å². The van der Waals surface area contributed by atoms with Gasteiger partial charge in [0.2, 0.25) is 0 Å². The zero-order valence-corrected chi connectivity index (χ0v) is 13.6. The maximum Gasteiger partial charge on any atom is 0.359 e. The molecule has 22 heavy (non-hydrogen) atoms. The van der Waals surface area contributed by atoms with Crippen molar-refractivity contribution in [2.75, 3.05) is 12.3 Å². The number of carbonyl (C=O) groups excluding carboxylic acids is 1. The molecule has 0 saturated heterocycles. The standard InChI is InChI=1S/C16H20ClN3O2/c1-3-22-16(21)14-11(2)15(18)20(19-14)10-4-5-12-6-8-13(17)9-7-12/h6-9H,3-5,10,18H2,1-2H3. The highest BCUT2D eigenvalue weighted by atomic mass is 35.5. The minimum Gasteiger partial charge on any atom is -0.461 e. The lowest BCUT2D eigenvalue weighted by molar-refractivity contribution is 0.0517. The van der Waals surface area contributed by atoms with E-state index in [0.717, 1.165) is 17.9 Å². The number of aryl methyl sites for hydroxylation is 2. The van der Waals surface area contributed by atoms with Crippen molar-refractivity contribution in [3.8, 4) is 0 Å². The fourth-order valence-electron chi connectivity index (χ4n) is 2.21. The molecule has 1 heterocycles. The van der Waals surface area contributed by atoms with Gasteiger partial charge in [0.1, 0.15) is 5.82 Å². The highest BCUT2D eigenvalue weighted by Gasteiger charge is 2.19. The minimum atomic E-state index is -0.428. The fraction of sp³-hybridized carbons (Fsp3) is 0.375. The topological polar surface area (TPSA) is 70.1 Å². The Labute approximate surface area is 135 Å². The molecule has 0 fully saturated rings. The molecule has 2 N–H and O–H groups in total. The number of rotatable bonds is 6. The van der Waals surface area contributed by atoms with Crippen LogP contribution >= 0.6 is 11.6 Å². The van der Waals surface area contributed by atoms with E-state index in [1.165, 1.54) is 5.56 Å². The molecule has 0 atom stereocenters. The van der Waals surface area contributed by atoms with Crippen molar-refractivity contribution >= 4 is 23.4 Å². The molecule has 118 valence electrons. The Bertz CT molecular complexity index is 650. The summed E-state index contributed by atoms with van der Waals surface area (Å²) in [4.78, 5) is 11.8. The second-order valence-corrected chi connectivity index (χ2v) is 5.47. The summed E-state index contributed by atoms with van der Waals surface area (Å²) < 4.78 is 6.64. The van der Waals surface area contributed by atoms with Gasteiger partial charge in [-0.15, -0.1) is 0 Å². The summed E-state index contributed by atoms with van der Waals surface area (Å²) in [7, 11) is 0. The summed E-state index contributed by atoms with van der Waals surface area (Å²) in [5.41, 5.74) is 8.19. The summed E-state index contributed by atoms with van der Waals surface area (Å²) in [5.74, 6) is 0.0855. The molecule has 2 rings (SSSR count). The summed E-state index contributed by atoms with van der Waals surface area (Å²) >= 11 is 5.86. The predicted molar refractivity (Wildman–Crippen MR) is 87.1 cm³/mol. The third-order valence-electron chi connectivity index (χ3n) is 3.46. The molecule has 0 aliphatic rings. The van der Waals surface area contributed by atoms with Crippen LogP contribution < -0.4 is 5.73 Å². The van der Waals surface area contributed by atoms with Crippen molar-refractivity contribution in [2.24, 2.45) is 0 Å². The number of ether oxygens (including phenoxy) is 1. The average Bonchev–Trinajstić information content (AvgIpc) is 2.78. The summed E-state index contributed by atoms with van der Waals surface area (Å²) in [6.45, 7) is 4.51. The Morgan fingerprint density at radius 3 is 2.68 bits per heavy atom. The normalized spacial score (nSPS) is 10.7. The molecule has 0 spiro atoms. The first-order valence-electron chi connectivity index (χ1n) is 7.27. The lowest BCUT2D eigenvalue weighted by Gasteiger charge is -2.05. The Balaban J connectivity index is 1.99. The van der Waals surface area contributed by atoms with E-state index in [0.29, 0.717) is 30.2 Å². The van der Waals surface area contributed by atoms with Crippen LogP contribution in [0, 0.1) is 6.92 Å². The number of aromatic nitrogens is 2. The number of halogens is 1. The van der Waals surface area contributed by atoms with Crippen LogP contribution in [0.5, 0.6) is 0 Å². The van der Waals surface area contributed by atoms with Gasteiger partial charge in [0.25, 0.3) is 0 Å². The molecular formula is C16H20ClN3O2. The number of carbonyl (C=O) groups is 1. The monoisotopic (exact) mass is 321 g/mol. The number of anilines is 1. The van der Waals surface area contributed by atoms with Crippen LogP contribution in [0.15, 0.2) is 24.3 Å². The molecule has 0 radical (unpaired) electrons. The lowest BCUT2D eigenvalue weighted by Crippen LogP contribution is -2.09. The van der Waals surface area contributed by atoms with Crippen molar-refractivity contribution in [3.05, 3.63) is 46.1 Å². The smallest absolute Gasteiger partial charge is 0.359 e. The van der Waals surface area contributed by atoms with Gasteiger partial charge < -0.3 is 10.5 Å². The van der Waals surface area contributed by atoms with E-state index in [-0.39, 0.29) is 0 Å². The van der Waals surface area contributed by atoms with Crippen LogP contribution in [0.1, 0.15) is 35.0 Å². The van der Waals surface area contributed by atoms with Crippen LogP contribution in [-0.2, 0) is 17.7 Å². The van der Waals surface area contributed by atoms with E-state index in [2.05, 4.69) is 5.10 Å². The minimum absolute atomic E-state index is 0.297. The average molecular weight is 322 g/mol. The van der Waals surface area contributed by atoms with E-state index < -0.39 is 5.97 Å². The number of nitrogens with two attached hydrogens (primary N) is 1. The number of esters is 1. The maximum absolute atomic E-state index is 11.8. The second kappa shape index (κ2) is 7.31. The molecule has 2 aromatic rings. The molecule has 0 amide bonds. The van der Waals surface area contributed by atoms with Crippen molar-refractivity contribution in [3.63, 3.8) is 0 Å². The summed E-state index contributed by atoms with van der Waals surface area (Å²) in [6.07, 6.45) is 1.76. The van der Waals surface area contributed by atoms with Gasteiger partial charge in [-0.25, -0.2) is 9.48 Å². The number of benzene rings is 1. The summed E-state index contributed by atoms with van der Waals surface area (Å²) in [6, 6.07) is 7.76. The molecular weight excluding hydrogens is 302 g/mol. The Kier molecular flexibility index (Phi) is 5.44. The third-order valence-corrected chi connectivity index (χ3v) is 3.71. The van der Waals surface area contributed by atoms with Crippen LogP contribution in [0.2, 0.25) is 5.02 Å². The Morgan fingerprint density at radius 1 is 1.36 bits per heavy atom. The van der Waals surface area contributed by atoms with Gasteiger partial charge in [0, 0.05) is 17.1 Å². The third kappa shape index (κ3) is 3.80.